The fourth-order valence-electron chi connectivity index (χ4n) is 1.78. The summed E-state index contributed by atoms with van der Waals surface area (Å²) in [6, 6.07) is 11.8. The number of nitrogens with one attached hydrogen (secondary N) is 1. The van der Waals surface area contributed by atoms with Gasteiger partial charge in [0.05, 0.1) is 11.3 Å². The second kappa shape index (κ2) is 4.55. The Kier molecular flexibility index (Phi) is 2.89. The minimum Gasteiger partial charge on any atom is -0.309 e. The van der Waals surface area contributed by atoms with Crippen molar-refractivity contribution in [3.63, 3.8) is 0 Å². The maximum atomic E-state index is 11.9. The minimum absolute atomic E-state index is 0.130. The van der Waals surface area contributed by atoms with Crippen LogP contribution in [0.1, 0.15) is 5.82 Å². The first-order valence-electron chi connectivity index (χ1n) is 5.42. The molecule has 2 heterocycles. The van der Waals surface area contributed by atoms with Gasteiger partial charge in [0.2, 0.25) is 0 Å². The number of hydrogen-bond donors (Lipinski definition) is 1. The van der Waals surface area contributed by atoms with Crippen molar-refractivity contribution in [2.45, 2.75) is 5.88 Å². The van der Waals surface area contributed by atoms with Crippen LogP contribution in [0.25, 0.3) is 20.7 Å². The minimum atomic E-state index is -0.130. The first kappa shape index (κ1) is 11.4. The molecule has 3 rings (SSSR count). The molecule has 0 aliphatic rings. The van der Waals surface area contributed by atoms with Gasteiger partial charge in [-0.15, -0.1) is 22.9 Å². The second-order valence-corrected chi connectivity index (χ2v) is 5.14. The number of rotatable bonds is 2. The molecule has 0 aliphatic carbocycles. The first-order chi connectivity index (χ1) is 8.78. The van der Waals surface area contributed by atoms with Gasteiger partial charge in [-0.3, -0.25) is 4.79 Å². The average Bonchev–Trinajstić information content (AvgIpc) is 2.84. The molecule has 1 N–H and O–H groups in total. The number of aromatic nitrogens is 2. The van der Waals surface area contributed by atoms with Gasteiger partial charge in [0.25, 0.3) is 5.56 Å². The Labute approximate surface area is 112 Å². The summed E-state index contributed by atoms with van der Waals surface area (Å²) in [7, 11) is 0. The van der Waals surface area contributed by atoms with Crippen molar-refractivity contribution in [3.05, 3.63) is 52.6 Å². The fourth-order valence-corrected chi connectivity index (χ4v) is 2.97. The third-order valence-corrected chi connectivity index (χ3v) is 3.97. The summed E-state index contributed by atoms with van der Waals surface area (Å²) in [5, 5.41) is 0.618. The Morgan fingerprint density at radius 3 is 2.78 bits per heavy atom. The Morgan fingerprint density at radius 2 is 2.06 bits per heavy atom. The van der Waals surface area contributed by atoms with Crippen molar-refractivity contribution in [1.29, 1.82) is 0 Å². The lowest BCUT2D eigenvalue weighted by atomic mass is 10.2. The highest BCUT2D eigenvalue weighted by Gasteiger charge is 2.09. The van der Waals surface area contributed by atoms with E-state index in [1.165, 1.54) is 11.3 Å². The zero-order valence-corrected chi connectivity index (χ0v) is 10.9. The number of aromatic amines is 1. The van der Waals surface area contributed by atoms with Crippen LogP contribution in [0.5, 0.6) is 0 Å². The molecule has 2 aromatic heterocycles. The van der Waals surface area contributed by atoms with E-state index in [4.69, 9.17) is 11.6 Å². The van der Waals surface area contributed by atoms with Crippen LogP contribution in [-0.4, -0.2) is 9.97 Å². The van der Waals surface area contributed by atoms with E-state index in [1.807, 2.05) is 36.4 Å². The van der Waals surface area contributed by atoms with E-state index in [2.05, 4.69) is 9.97 Å². The molecule has 90 valence electrons. The van der Waals surface area contributed by atoms with Crippen molar-refractivity contribution >= 4 is 33.2 Å². The molecule has 0 bridgehead atoms. The molecule has 18 heavy (non-hydrogen) atoms. The van der Waals surface area contributed by atoms with Crippen LogP contribution < -0.4 is 5.56 Å². The van der Waals surface area contributed by atoms with E-state index in [9.17, 15) is 4.79 Å². The van der Waals surface area contributed by atoms with E-state index in [1.54, 1.807) is 0 Å². The lowest BCUT2D eigenvalue weighted by molar-refractivity contribution is 1.04. The van der Waals surface area contributed by atoms with Crippen LogP contribution >= 0.6 is 22.9 Å². The van der Waals surface area contributed by atoms with Gasteiger partial charge in [-0.25, -0.2) is 4.98 Å². The summed E-state index contributed by atoms with van der Waals surface area (Å²) < 4.78 is 0. The van der Waals surface area contributed by atoms with Gasteiger partial charge in [-0.1, -0.05) is 30.3 Å². The van der Waals surface area contributed by atoms with E-state index in [0.717, 1.165) is 15.3 Å². The zero-order valence-electron chi connectivity index (χ0n) is 9.31. The van der Waals surface area contributed by atoms with Gasteiger partial charge in [0, 0.05) is 4.88 Å². The number of thiophene rings is 1. The van der Waals surface area contributed by atoms with Crippen LogP contribution in [0.4, 0.5) is 0 Å². The Morgan fingerprint density at radius 1 is 1.28 bits per heavy atom. The third-order valence-electron chi connectivity index (χ3n) is 2.64. The Balaban J connectivity index is 2.23. The molecule has 0 spiro atoms. The second-order valence-electron chi connectivity index (χ2n) is 3.84. The van der Waals surface area contributed by atoms with E-state index >= 15 is 0 Å². The fraction of sp³-hybridized carbons (Fsp3) is 0.0769. The molecule has 3 nitrogen and oxygen atoms in total. The molecular weight excluding hydrogens is 268 g/mol. The monoisotopic (exact) mass is 276 g/mol. The SMILES string of the molecule is O=c1[nH]c(CCl)nc2sc(-c3ccccc3)cc12. The molecule has 0 unspecified atom stereocenters. The van der Waals surface area contributed by atoms with Crippen molar-refractivity contribution < 1.29 is 0 Å². The van der Waals surface area contributed by atoms with Crippen LogP contribution in [0, 0.1) is 0 Å². The van der Waals surface area contributed by atoms with Crippen molar-refractivity contribution in [2.24, 2.45) is 0 Å². The summed E-state index contributed by atoms with van der Waals surface area (Å²) in [5.41, 5.74) is 0.960. The van der Waals surface area contributed by atoms with Crippen molar-refractivity contribution in [1.82, 2.24) is 9.97 Å². The molecule has 0 aliphatic heterocycles. The topological polar surface area (TPSA) is 45.8 Å². The lowest BCUT2D eigenvalue weighted by Crippen LogP contribution is -2.09. The van der Waals surface area contributed by atoms with E-state index < -0.39 is 0 Å². The summed E-state index contributed by atoms with van der Waals surface area (Å²) in [5.74, 6) is 0.722. The standard InChI is InChI=1S/C13H9ClN2OS/c14-7-11-15-12(17)9-6-10(18-13(9)16-11)8-4-2-1-3-5-8/h1-6H,7H2,(H,15,16,17). The predicted octanol–water partition coefficient (Wildman–Crippen LogP) is 3.39. The van der Waals surface area contributed by atoms with Crippen LogP contribution in [0.15, 0.2) is 41.2 Å². The van der Waals surface area contributed by atoms with Gasteiger partial charge in [-0.05, 0) is 11.6 Å². The molecule has 1 aromatic carbocycles. The van der Waals surface area contributed by atoms with Gasteiger partial charge >= 0.3 is 0 Å². The predicted molar refractivity (Wildman–Crippen MR) is 75.2 cm³/mol. The van der Waals surface area contributed by atoms with E-state index in [0.29, 0.717) is 11.2 Å². The highest BCUT2D eigenvalue weighted by molar-refractivity contribution is 7.21. The molecular formula is C13H9ClN2OS. The molecule has 5 heteroatoms. The normalized spacial score (nSPS) is 10.9. The summed E-state index contributed by atoms with van der Waals surface area (Å²) in [4.78, 5) is 20.6. The maximum absolute atomic E-state index is 11.9. The molecule has 3 aromatic rings. The van der Waals surface area contributed by atoms with Crippen LogP contribution in [0.3, 0.4) is 0 Å². The third kappa shape index (κ3) is 1.94. The molecule has 0 amide bonds. The quantitative estimate of drug-likeness (QED) is 0.729. The van der Waals surface area contributed by atoms with E-state index in [-0.39, 0.29) is 11.4 Å². The maximum Gasteiger partial charge on any atom is 0.259 e. The molecule has 0 atom stereocenters. The largest absolute Gasteiger partial charge is 0.309 e. The van der Waals surface area contributed by atoms with Gasteiger partial charge in [0.1, 0.15) is 10.7 Å². The smallest absolute Gasteiger partial charge is 0.259 e. The number of H-pyrrole nitrogens is 1. The average molecular weight is 277 g/mol. The highest BCUT2D eigenvalue weighted by atomic mass is 35.5. The van der Waals surface area contributed by atoms with Crippen molar-refractivity contribution in [3.8, 4) is 10.4 Å². The Bertz CT molecular complexity index is 749. The van der Waals surface area contributed by atoms with Gasteiger partial charge in [0.15, 0.2) is 0 Å². The number of alkyl halides is 1. The van der Waals surface area contributed by atoms with Crippen LogP contribution in [0.2, 0.25) is 0 Å². The summed E-state index contributed by atoms with van der Waals surface area (Å²) in [6.07, 6.45) is 0. The summed E-state index contributed by atoms with van der Waals surface area (Å²) >= 11 is 7.20. The first-order valence-corrected chi connectivity index (χ1v) is 6.77. The Hall–Kier alpha value is -1.65. The highest BCUT2D eigenvalue weighted by Crippen LogP contribution is 2.30. The van der Waals surface area contributed by atoms with Gasteiger partial charge < -0.3 is 4.98 Å². The van der Waals surface area contributed by atoms with Gasteiger partial charge in [-0.2, -0.15) is 0 Å². The number of nitrogens with zero attached hydrogens (tertiary/aromatic N) is 1. The number of halogens is 1. The molecule has 0 fully saturated rings. The van der Waals surface area contributed by atoms with Crippen LogP contribution in [-0.2, 0) is 5.88 Å². The molecule has 0 saturated carbocycles. The number of benzene rings is 1. The molecule has 0 radical (unpaired) electrons. The zero-order chi connectivity index (χ0) is 12.5. The summed E-state index contributed by atoms with van der Waals surface area (Å²) in [6.45, 7) is 0. The number of fused-ring (bicyclic) bond motifs is 1. The molecule has 0 saturated heterocycles. The number of hydrogen-bond acceptors (Lipinski definition) is 3. The lowest BCUT2D eigenvalue weighted by Gasteiger charge is -1.93. The van der Waals surface area contributed by atoms with Crippen molar-refractivity contribution in [2.75, 3.05) is 0 Å².